The molecule has 0 saturated carbocycles. The van der Waals surface area contributed by atoms with Gasteiger partial charge in [0.2, 0.25) is 0 Å². The Morgan fingerprint density at radius 1 is 1.17 bits per heavy atom. The number of halogens is 2. The number of hydrogen-bond donors (Lipinski definition) is 1. The molecule has 18 heavy (non-hydrogen) atoms. The summed E-state index contributed by atoms with van der Waals surface area (Å²) in [5, 5.41) is 2.41. The van der Waals surface area contributed by atoms with Crippen LogP contribution in [0.15, 0.2) is 33.2 Å². The second-order valence-corrected chi connectivity index (χ2v) is 6.02. The predicted octanol–water partition coefficient (Wildman–Crippen LogP) is 5.16. The van der Waals surface area contributed by atoms with Crippen molar-refractivity contribution in [3.05, 3.63) is 38.8 Å². The zero-order valence-electron chi connectivity index (χ0n) is 9.97. The summed E-state index contributed by atoms with van der Waals surface area (Å²) >= 11 is 7.12. The lowest BCUT2D eigenvalue weighted by atomic mass is 10.1. The van der Waals surface area contributed by atoms with Gasteiger partial charge in [0, 0.05) is 25.2 Å². The van der Waals surface area contributed by atoms with E-state index in [1.807, 2.05) is 12.1 Å². The Hall–Kier alpha value is -1.00. The molecule has 0 saturated heterocycles. The van der Waals surface area contributed by atoms with Gasteiger partial charge in [0.15, 0.2) is 0 Å². The smallest absolute Gasteiger partial charge is 0.144 e. The molecule has 1 heterocycles. The molecule has 0 spiro atoms. The molecule has 1 N–H and O–H groups in total. The van der Waals surface area contributed by atoms with Crippen LogP contribution in [0.3, 0.4) is 0 Å². The fraction of sp³-hybridized carbons (Fsp3) is 0.143. The monoisotopic (exact) mass is 367 g/mol. The highest BCUT2D eigenvalue weighted by molar-refractivity contribution is 9.10. The molecule has 4 heteroatoms. The van der Waals surface area contributed by atoms with Crippen molar-refractivity contribution >= 4 is 53.7 Å². The first kappa shape index (κ1) is 12.1. The Kier molecular flexibility index (Phi) is 2.87. The molecule has 0 aliphatic heterocycles. The van der Waals surface area contributed by atoms with Gasteiger partial charge in [0.1, 0.15) is 5.75 Å². The van der Waals surface area contributed by atoms with Crippen molar-refractivity contribution in [3.8, 4) is 5.75 Å². The van der Waals surface area contributed by atoms with E-state index in [-0.39, 0.29) is 0 Å². The Bertz CT molecular complexity index is 761. The van der Waals surface area contributed by atoms with Crippen LogP contribution in [0.25, 0.3) is 21.8 Å². The van der Waals surface area contributed by atoms with Crippen molar-refractivity contribution in [2.24, 2.45) is 0 Å². The van der Waals surface area contributed by atoms with Gasteiger partial charge in [-0.3, -0.25) is 0 Å². The summed E-state index contributed by atoms with van der Waals surface area (Å²) in [4.78, 5) is 3.43. The van der Waals surface area contributed by atoms with Gasteiger partial charge in [-0.25, -0.2) is 0 Å². The third-order valence-electron chi connectivity index (χ3n) is 3.22. The van der Waals surface area contributed by atoms with Crippen LogP contribution in [0, 0.1) is 6.92 Å². The quantitative estimate of drug-likeness (QED) is 0.630. The van der Waals surface area contributed by atoms with Crippen LogP contribution >= 0.6 is 31.9 Å². The first-order chi connectivity index (χ1) is 8.61. The molecule has 2 aromatic carbocycles. The number of nitrogens with one attached hydrogen (secondary N) is 1. The molecule has 0 bridgehead atoms. The van der Waals surface area contributed by atoms with Crippen LogP contribution in [0.2, 0.25) is 0 Å². The highest BCUT2D eigenvalue weighted by Gasteiger charge is 2.14. The first-order valence-corrected chi connectivity index (χ1v) is 7.14. The van der Waals surface area contributed by atoms with Crippen molar-refractivity contribution < 1.29 is 4.74 Å². The Labute approximate surface area is 122 Å². The van der Waals surface area contributed by atoms with E-state index in [1.165, 1.54) is 16.3 Å². The number of rotatable bonds is 1. The van der Waals surface area contributed by atoms with E-state index in [0.29, 0.717) is 0 Å². The molecule has 0 atom stereocenters. The molecule has 0 aliphatic rings. The zero-order chi connectivity index (χ0) is 12.9. The third kappa shape index (κ3) is 1.67. The maximum absolute atomic E-state index is 5.45. The predicted molar refractivity (Wildman–Crippen MR) is 82.5 cm³/mol. The van der Waals surface area contributed by atoms with Crippen LogP contribution in [0.1, 0.15) is 5.56 Å². The summed E-state index contributed by atoms with van der Waals surface area (Å²) in [6.45, 7) is 2.11. The first-order valence-electron chi connectivity index (χ1n) is 5.56. The SMILES string of the molecule is COc1cc(Br)c(C)c2c1[nH]c1ccc(Br)cc12. The van der Waals surface area contributed by atoms with Crippen LogP contribution in [0.4, 0.5) is 0 Å². The highest BCUT2D eigenvalue weighted by Crippen LogP contribution is 2.38. The van der Waals surface area contributed by atoms with E-state index >= 15 is 0 Å². The maximum atomic E-state index is 5.45. The fourth-order valence-corrected chi connectivity index (χ4v) is 3.08. The van der Waals surface area contributed by atoms with E-state index in [2.05, 4.69) is 55.9 Å². The van der Waals surface area contributed by atoms with E-state index in [0.717, 1.165) is 25.7 Å². The summed E-state index contributed by atoms with van der Waals surface area (Å²) in [5.41, 5.74) is 3.38. The number of aromatic amines is 1. The summed E-state index contributed by atoms with van der Waals surface area (Å²) in [6, 6.07) is 8.25. The van der Waals surface area contributed by atoms with Gasteiger partial charge in [0.25, 0.3) is 0 Å². The van der Waals surface area contributed by atoms with Gasteiger partial charge in [0.05, 0.1) is 12.6 Å². The van der Waals surface area contributed by atoms with Gasteiger partial charge < -0.3 is 9.72 Å². The molecule has 3 aromatic rings. The van der Waals surface area contributed by atoms with Gasteiger partial charge in [-0.15, -0.1) is 0 Å². The summed E-state index contributed by atoms with van der Waals surface area (Å²) in [6.07, 6.45) is 0. The molecule has 92 valence electrons. The minimum absolute atomic E-state index is 0.856. The number of hydrogen-bond acceptors (Lipinski definition) is 1. The second kappa shape index (κ2) is 4.28. The number of aryl methyl sites for hydroxylation is 1. The Morgan fingerprint density at radius 2 is 1.94 bits per heavy atom. The number of ether oxygens (including phenoxy) is 1. The largest absolute Gasteiger partial charge is 0.495 e. The minimum Gasteiger partial charge on any atom is -0.495 e. The van der Waals surface area contributed by atoms with Crippen LogP contribution < -0.4 is 4.74 Å². The number of methoxy groups -OCH3 is 1. The third-order valence-corrected chi connectivity index (χ3v) is 4.53. The molecule has 3 rings (SSSR count). The Balaban J connectivity index is 2.58. The van der Waals surface area contributed by atoms with Crippen molar-refractivity contribution in [3.63, 3.8) is 0 Å². The molecular formula is C14H11Br2NO. The second-order valence-electron chi connectivity index (χ2n) is 4.25. The van der Waals surface area contributed by atoms with Crippen molar-refractivity contribution in [2.75, 3.05) is 7.11 Å². The normalized spacial score (nSPS) is 11.3. The van der Waals surface area contributed by atoms with Gasteiger partial charge in [-0.2, -0.15) is 0 Å². The van der Waals surface area contributed by atoms with Gasteiger partial charge in [-0.1, -0.05) is 31.9 Å². The zero-order valence-corrected chi connectivity index (χ0v) is 13.1. The van der Waals surface area contributed by atoms with Crippen molar-refractivity contribution in [1.29, 1.82) is 0 Å². The number of benzene rings is 2. The Morgan fingerprint density at radius 3 is 2.67 bits per heavy atom. The van der Waals surface area contributed by atoms with E-state index in [4.69, 9.17) is 4.74 Å². The molecule has 0 amide bonds. The maximum Gasteiger partial charge on any atom is 0.144 e. The van der Waals surface area contributed by atoms with Crippen LogP contribution in [-0.2, 0) is 0 Å². The topological polar surface area (TPSA) is 25.0 Å². The summed E-state index contributed by atoms with van der Waals surface area (Å²) in [5.74, 6) is 0.856. The molecular weight excluding hydrogens is 358 g/mol. The van der Waals surface area contributed by atoms with E-state index < -0.39 is 0 Å². The molecule has 2 nitrogen and oxygen atoms in total. The molecule has 0 radical (unpaired) electrons. The minimum atomic E-state index is 0.856. The lowest BCUT2D eigenvalue weighted by Gasteiger charge is -2.06. The average Bonchev–Trinajstić information content (AvgIpc) is 2.72. The lowest BCUT2D eigenvalue weighted by molar-refractivity contribution is 0.418. The van der Waals surface area contributed by atoms with Crippen molar-refractivity contribution in [2.45, 2.75) is 6.92 Å². The molecule has 1 aromatic heterocycles. The number of aromatic nitrogens is 1. The molecule has 0 fully saturated rings. The fourth-order valence-electron chi connectivity index (χ4n) is 2.31. The summed E-state index contributed by atoms with van der Waals surface area (Å²) in [7, 11) is 1.69. The van der Waals surface area contributed by atoms with Gasteiger partial charge >= 0.3 is 0 Å². The van der Waals surface area contributed by atoms with Crippen molar-refractivity contribution in [1.82, 2.24) is 4.98 Å². The van der Waals surface area contributed by atoms with Gasteiger partial charge in [-0.05, 0) is 36.8 Å². The average molecular weight is 369 g/mol. The number of H-pyrrole nitrogens is 1. The highest BCUT2D eigenvalue weighted by atomic mass is 79.9. The molecule has 0 unspecified atom stereocenters. The molecule has 0 aliphatic carbocycles. The standard InChI is InChI=1S/C14H11Br2NO/c1-7-10(16)6-12(18-2)14-13(7)9-5-8(15)3-4-11(9)17-14/h3-6,17H,1-2H3. The van der Waals surface area contributed by atoms with E-state index in [9.17, 15) is 0 Å². The van der Waals surface area contributed by atoms with E-state index in [1.54, 1.807) is 7.11 Å². The lowest BCUT2D eigenvalue weighted by Crippen LogP contribution is -1.87. The number of fused-ring (bicyclic) bond motifs is 3. The van der Waals surface area contributed by atoms with Crippen LogP contribution in [0.5, 0.6) is 5.75 Å². The van der Waals surface area contributed by atoms with Crippen LogP contribution in [-0.4, -0.2) is 12.1 Å². The summed E-state index contributed by atoms with van der Waals surface area (Å²) < 4.78 is 7.59.